The van der Waals surface area contributed by atoms with E-state index in [9.17, 15) is 4.79 Å². The molecule has 0 radical (unpaired) electrons. The van der Waals surface area contributed by atoms with Gasteiger partial charge in [-0.15, -0.1) is 0 Å². The Kier molecular flexibility index (Phi) is 3.62. The molecule has 0 aliphatic carbocycles. The number of nitrogens with zero attached hydrogens (tertiary/aromatic N) is 1. The summed E-state index contributed by atoms with van der Waals surface area (Å²) in [6, 6.07) is 10.3. The molecule has 2 nitrogen and oxygen atoms in total. The fraction of sp³-hybridized carbons (Fsp3) is 0.533. The van der Waals surface area contributed by atoms with Gasteiger partial charge in [0.2, 0.25) is 5.91 Å². The molecular formula is C15H23NOSi. The Morgan fingerprint density at radius 1 is 1.17 bits per heavy atom. The quantitative estimate of drug-likeness (QED) is 0.601. The Labute approximate surface area is 111 Å². The number of likely N-dealkylation sites (tertiary alicyclic amines) is 1. The number of carbonyl (C=O) groups excluding carboxylic acids is 1. The van der Waals surface area contributed by atoms with Crippen LogP contribution >= 0.6 is 0 Å². The van der Waals surface area contributed by atoms with Crippen molar-refractivity contribution in [3.05, 3.63) is 35.9 Å². The zero-order valence-electron chi connectivity index (χ0n) is 11.8. The van der Waals surface area contributed by atoms with Gasteiger partial charge < -0.3 is 4.90 Å². The van der Waals surface area contributed by atoms with Crippen molar-refractivity contribution in [3.8, 4) is 0 Å². The number of carbonyl (C=O) groups is 1. The van der Waals surface area contributed by atoms with Crippen LogP contribution in [-0.4, -0.2) is 24.5 Å². The fourth-order valence-electron chi connectivity index (χ4n) is 3.05. The third-order valence-corrected chi connectivity index (χ3v) is 6.33. The van der Waals surface area contributed by atoms with E-state index >= 15 is 0 Å². The number of rotatable bonds is 4. The first-order valence-corrected chi connectivity index (χ1v) is 10.4. The summed E-state index contributed by atoms with van der Waals surface area (Å²) in [6.45, 7) is 10.0. The molecule has 1 aliphatic heterocycles. The van der Waals surface area contributed by atoms with E-state index in [2.05, 4.69) is 43.6 Å². The molecule has 1 aromatic carbocycles. The van der Waals surface area contributed by atoms with E-state index in [1.165, 1.54) is 5.56 Å². The lowest BCUT2D eigenvalue weighted by Gasteiger charge is -2.53. The highest BCUT2D eigenvalue weighted by Gasteiger charge is 2.51. The van der Waals surface area contributed by atoms with Crippen LogP contribution in [0.5, 0.6) is 0 Å². The SMILES string of the molecule is CC[C@H]1C(=O)N(Cc2ccccc2)[C@@H]1[Si](C)(C)C. The van der Waals surface area contributed by atoms with Gasteiger partial charge in [-0.05, 0) is 12.0 Å². The minimum atomic E-state index is -1.31. The molecule has 1 fully saturated rings. The van der Waals surface area contributed by atoms with E-state index in [0.29, 0.717) is 11.6 Å². The van der Waals surface area contributed by atoms with Gasteiger partial charge in [0, 0.05) is 12.2 Å². The average molecular weight is 261 g/mol. The van der Waals surface area contributed by atoms with Crippen LogP contribution in [-0.2, 0) is 11.3 Å². The Morgan fingerprint density at radius 2 is 1.78 bits per heavy atom. The lowest BCUT2D eigenvalue weighted by Crippen LogP contribution is -2.69. The Balaban J connectivity index is 2.15. The zero-order chi connectivity index (χ0) is 13.3. The summed E-state index contributed by atoms with van der Waals surface area (Å²) in [7, 11) is -1.31. The molecule has 98 valence electrons. The summed E-state index contributed by atoms with van der Waals surface area (Å²) in [4.78, 5) is 14.3. The third kappa shape index (κ3) is 2.37. The standard InChI is InChI=1S/C15H23NOSi/c1-5-13-14(17)16(15(13)18(2,3)4)11-12-9-7-6-8-10-12/h6-10,13,15H,5,11H2,1-4H3/t13-,15+/m0/s1. The maximum atomic E-state index is 12.2. The van der Waals surface area contributed by atoms with Gasteiger partial charge in [-0.1, -0.05) is 56.9 Å². The van der Waals surface area contributed by atoms with Crippen molar-refractivity contribution in [2.24, 2.45) is 5.92 Å². The highest BCUT2D eigenvalue weighted by molar-refractivity contribution is 6.78. The summed E-state index contributed by atoms with van der Waals surface area (Å²) in [5, 5.41) is 0. The first kappa shape index (κ1) is 13.3. The van der Waals surface area contributed by atoms with Gasteiger partial charge in [0.15, 0.2) is 0 Å². The molecular weight excluding hydrogens is 238 g/mol. The Hall–Kier alpha value is -1.09. The molecule has 1 aromatic rings. The largest absolute Gasteiger partial charge is 0.337 e. The summed E-state index contributed by atoms with van der Waals surface area (Å²) in [6.07, 6.45) is 0.985. The number of β-lactam (4-membered cyclic amide) rings is 1. The zero-order valence-corrected chi connectivity index (χ0v) is 12.8. The summed E-state index contributed by atoms with van der Waals surface area (Å²) in [5.74, 6) is 0.633. The highest BCUT2D eigenvalue weighted by atomic mass is 28.3. The van der Waals surface area contributed by atoms with Crippen molar-refractivity contribution in [1.29, 1.82) is 0 Å². The predicted molar refractivity (Wildman–Crippen MR) is 77.9 cm³/mol. The molecule has 0 spiro atoms. The maximum Gasteiger partial charge on any atom is 0.227 e. The summed E-state index contributed by atoms with van der Waals surface area (Å²) < 4.78 is 0. The van der Waals surface area contributed by atoms with Gasteiger partial charge in [-0.3, -0.25) is 4.79 Å². The van der Waals surface area contributed by atoms with E-state index in [1.807, 2.05) is 18.2 Å². The van der Waals surface area contributed by atoms with E-state index in [1.54, 1.807) is 0 Å². The second-order valence-electron chi connectivity index (χ2n) is 6.28. The average Bonchev–Trinajstić information content (AvgIpc) is 2.32. The first-order chi connectivity index (χ1) is 8.45. The molecule has 2 rings (SSSR count). The van der Waals surface area contributed by atoms with E-state index < -0.39 is 8.07 Å². The molecule has 3 heteroatoms. The molecule has 0 aromatic heterocycles. The number of benzene rings is 1. The van der Waals surface area contributed by atoms with E-state index in [-0.39, 0.29) is 5.92 Å². The molecule has 2 atom stereocenters. The van der Waals surface area contributed by atoms with Crippen molar-refractivity contribution in [3.63, 3.8) is 0 Å². The number of hydrogen-bond acceptors (Lipinski definition) is 1. The molecule has 1 heterocycles. The van der Waals surface area contributed by atoms with Crippen LogP contribution in [0.4, 0.5) is 0 Å². The maximum absolute atomic E-state index is 12.2. The lowest BCUT2D eigenvalue weighted by molar-refractivity contribution is -0.152. The van der Waals surface area contributed by atoms with Gasteiger partial charge in [0.05, 0.1) is 14.0 Å². The Morgan fingerprint density at radius 3 is 2.28 bits per heavy atom. The van der Waals surface area contributed by atoms with Crippen molar-refractivity contribution in [2.45, 2.75) is 45.2 Å². The lowest BCUT2D eigenvalue weighted by atomic mass is 9.94. The van der Waals surface area contributed by atoms with Gasteiger partial charge >= 0.3 is 0 Å². The molecule has 0 unspecified atom stereocenters. The smallest absolute Gasteiger partial charge is 0.227 e. The van der Waals surface area contributed by atoms with Crippen LogP contribution in [0, 0.1) is 5.92 Å². The third-order valence-electron chi connectivity index (χ3n) is 3.84. The van der Waals surface area contributed by atoms with Gasteiger partial charge in [-0.2, -0.15) is 0 Å². The van der Waals surface area contributed by atoms with Gasteiger partial charge in [-0.25, -0.2) is 0 Å². The van der Waals surface area contributed by atoms with Crippen molar-refractivity contribution >= 4 is 14.0 Å². The van der Waals surface area contributed by atoms with Crippen LogP contribution in [0.15, 0.2) is 30.3 Å². The van der Waals surface area contributed by atoms with E-state index in [4.69, 9.17) is 0 Å². The van der Waals surface area contributed by atoms with Crippen molar-refractivity contribution in [1.82, 2.24) is 4.90 Å². The van der Waals surface area contributed by atoms with Gasteiger partial charge in [0.25, 0.3) is 0 Å². The second kappa shape index (κ2) is 4.88. The van der Waals surface area contributed by atoms with Crippen LogP contribution in [0.1, 0.15) is 18.9 Å². The van der Waals surface area contributed by atoms with Crippen molar-refractivity contribution < 1.29 is 4.79 Å². The van der Waals surface area contributed by atoms with E-state index in [0.717, 1.165) is 13.0 Å². The predicted octanol–water partition coefficient (Wildman–Crippen LogP) is 3.30. The van der Waals surface area contributed by atoms with Crippen LogP contribution in [0.3, 0.4) is 0 Å². The topological polar surface area (TPSA) is 20.3 Å². The fourth-order valence-corrected chi connectivity index (χ4v) is 5.78. The summed E-state index contributed by atoms with van der Waals surface area (Å²) in [5.41, 5.74) is 1.75. The number of amides is 1. The van der Waals surface area contributed by atoms with Gasteiger partial charge in [0.1, 0.15) is 0 Å². The minimum Gasteiger partial charge on any atom is -0.337 e. The van der Waals surface area contributed by atoms with Crippen LogP contribution < -0.4 is 0 Å². The molecule has 0 bridgehead atoms. The summed E-state index contributed by atoms with van der Waals surface area (Å²) >= 11 is 0. The molecule has 18 heavy (non-hydrogen) atoms. The van der Waals surface area contributed by atoms with Crippen LogP contribution in [0.2, 0.25) is 19.6 Å². The first-order valence-electron chi connectivity index (χ1n) is 6.79. The molecule has 1 amide bonds. The normalized spacial score (nSPS) is 24.0. The highest BCUT2D eigenvalue weighted by Crippen LogP contribution is 2.36. The van der Waals surface area contributed by atoms with Crippen molar-refractivity contribution in [2.75, 3.05) is 0 Å². The molecule has 0 N–H and O–H groups in total. The second-order valence-corrected chi connectivity index (χ2v) is 11.6. The molecule has 0 saturated carbocycles. The Bertz CT molecular complexity index is 424. The number of hydrogen-bond donors (Lipinski definition) is 0. The molecule has 1 saturated heterocycles. The van der Waals surface area contributed by atoms with Crippen LogP contribution in [0.25, 0.3) is 0 Å². The molecule has 1 aliphatic rings. The monoisotopic (exact) mass is 261 g/mol. The minimum absolute atomic E-state index is 0.278.